The van der Waals surface area contributed by atoms with E-state index in [-0.39, 0.29) is 0 Å². The van der Waals surface area contributed by atoms with E-state index in [1.54, 1.807) is 0 Å². The third-order valence-corrected chi connectivity index (χ3v) is 3.22. The van der Waals surface area contributed by atoms with Gasteiger partial charge in [0, 0.05) is 23.6 Å². The normalized spacial score (nSPS) is 20.4. The van der Waals surface area contributed by atoms with Crippen LogP contribution >= 0.6 is 11.8 Å². The van der Waals surface area contributed by atoms with Gasteiger partial charge in [0.1, 0.15) is 0 Å². The minimum Gasteiger partial charge on any atom is -0.309 e. The maximum absolute atomic E-state index is 8.48. The van der Waals surface area contributed by atoms with E-state index in [0.717, 1.165) is 6.42 Å². The molecule has 0 aliphatic carbocycles. The monoisotopic (exact) mass is 170 g/mol. The van der Waals surface area contributed by atoms with Gasteiger partial charge in [-0.2, -0.15) is 17.0 Å². The molecular formula is C8H14N2S. The minimum atomic E-state index is 0.422. The first-order valence-electron chi connectivity index (χ1n) is 4.07. The van der Waals surface area contributed by atoms with E-state index in [1.165, 1.54) is 11.5 Å². The third kappa shape index (κ3) is 2.72. The van der Waals surface area contributed by atoms with Crippen molar-refractivity contribution in [3.05, 3.63) is 0 Å². The van der Waals surface area contributed by atoms with Gasteiger partial charge < -0.3 is 5.32 Å². The molecule has 0 radical (unpaired) electrons. The molecule has 0 aromatic heterocycles. The quantitative estimate of drug-likeness (QED) is 0.692. The molecule has 62 valence electrons. The van der Waals surface area contributed by atoms with Crippen molar-refractivity contribution in [3.8, 4) is 6.07 Å². The van der Waals surface area contributed by atoms with Gasteiger partial charge in [-0.05, 0) is 6.42 Å². The van der Waals surface area contributed by atoms with Crippen LogP contribution in [0.1, 0.15) is 19.8 Å². The van der Waals surface area contributed by atoms with E-state index in [2.05, 4.69) is 18.3 Å². The first-order chi connectivity index (χ1) is 5.36. The average molecular weight is 170 g/mol. The second kappa shape index (κ2) is 4.63. The Morgan fingerprint density at radius 1 is 1.73 bits per heavy atom. The van der Waals surface area contributed by atoms with Gasteiger partial charge in [-0.15, -0.1) is 0 Å². The predicted molar refractivity (Wildman–Crippen MR) is 48.6 cm³/mol. The molecule has 1 atom stereocenters. The third-order valence-electron chi connectivity index (χ3n) is 1.94. The van der Waals surface area contributed by atoms with Gasteiger partial charge in [0.25, 0.3) is 0 Å². The summed E-state index contributed by atoms with van der Waals surface area (Å²) in [5.74, 6) is 2.45. The molecule has 11 heavy (non-hydrogen) atoms. The first kappa shape index (κ1) is 8.89. The van der Waals surface area contributed by atoms with Crippen LogP contribution in [-0.4, -0.2) is 23.6 Å². The Kier molecular flexibility index (Phi) is 3.74. The first-order valence-corrected chi connectivity index (χ1v) is 5.23. The number of thioether (sulfide) groups is 1. The molecule has 1 heterocycles. The smallest absolute Gasteiger partial charge is 0.0638 e. The van der Waals surface area contributed by atoms with Crippen LogP contribution in [0.3, 0.4) is 0 Å². The summed E-state index contributed by atoms with van der Waals surface area (Å²) in [5.41, 5.74) is 0. The highest BCUT2D eigenvalue weighted by Crippen LogP contribution is 2.18. The van der Waals surface area contributed by atoms with Crippen LogP contribution in [0.25, 0.3) is 0 Å². The largest absolute Gasteiger partial charge is 0.309 e. The maximum atomic E-state index is 8.48. The van der Waals surface area contributed by atoms with Crippen molar-refractivity contribution in [3.63, 3.8) is 0 Å². The predicted octanol–water partition coefficient (Wildman–Crippen LogP) is 1.38. The lowest BCUT2D eigenvalue weighted by Crippen LogP contribution is -2.45. The zero-order valence-electron chi connectivity index (χ0n) is 6.84. The van der Waals surface area contributed by atoms with Gasteiger partial charge in [-0.1, -0.05) is 6.92 Å². The Bertz CT molecular complexity index is 149. The molecule has 2 nitrogen and oxygen atoms in total. The topological polar surface area (TPSA) is 35.8 Å². The number of rotatable bonds is 4. The van der Waals surface area contributed by atoms with Crippen LogP contribution in [0, 0.1) is 11.3 Å². The zero-order valence-corrected chi connectivity index (χ0v) is 7.66. The van der Waals surface area contributed by atoms with Crippen molar-refractivity contribution in [1.82, 2.24) is 5.32 Å². The number of nitriles is 1. The summed E-state index contributed by atoms with van der Waals surface area (Å²) in [6, 6.07) is 3.30. The molecule has 0 bridgehead atoms. The Balaban J connectivity index is 2.14. The molecule has 1 aliphatic heterocycles. The SMILES string of the molecule is CCC(CC#N)NC1CSC1. The van der Waals surface area contributed by atoms with E-state index in [4.69, 9.17) is 5.26 Å². The van der Waals surface area contributed by atoms with Crippen LogP contribution in [0.5, 0.6) is 0 Å². The zero-order chi connectivity index (χ0) is 8.10. The van der Waals surface area contributed by atoms with Crippen LogP contribution in [-0.2, 0) is 0 Å². The summed E-state index contributed by atoms with van der Waals surface area (Å²) in [4.78, 5) is 0. The van der Waals surface area contributed by atoms with Crippen LogP contribution in [0.4, 0.5) is 0 Å². The van der Waals surface area contributed by atoms with Gasteiger partial charge in [0.2, 0.25) is 0 Å². The summed E-state index contributed by atoms with van der Waals surface area (Å²) in [6.07, 6.45) is 1.71. The fourth-order valence-electron chi connectivity index (χ4n) is 1.10. The van der Waals surface area contributed by atoms with Crippen molar-refractivity contribution < 1.29 is 0 Å². The highest BCUT2D eigenvalue weighted by molar-refractivity contribution is 8.00. The van der Waals surface area contributed by atoms with Crippen molar-refractivity contribution in [1.29, 1.82) is 5.26 Å². The van der Waals surface area contributed by atoms with Crippen LogP contribution in [0.2, 0.25) is 0 Å². The highest BCUT2D eigenvalue weighted by atomic mass is 32.2. The fraction of sp³-hybridized carbons (Fsp3) is 0.875. The number of hydrogen-bond acceptors (Lipinski definition) is 3. The molecule has 1 aliphatic rings. The van der Waals surface area contributed by atoms with E-state index in [9.17, 15) is 0 Å². The number of nitrogens with zero attached hydrogens (tertiary/aromatic N) is 1. The molecule has 1 rings (SSSR count). The summed E-state index contributed by atoms with van der Waals surface area (Å²) >= 11 is 1.97. The summed E-state index contributed by atoms with van der Waals surface area (Å²) in [5, 5.41) is 11.9. The molecule has 0 aromatic rings. The Morgan fingerprint density at radius 3 is 2.82 bits per heavy atom. The number of nitrogens with one attached hydrogen (secondary N) is 1. The van der Waals surface area contributed by atoms with Gasteiger partial charge in [-0.3, -0.25) is 0 Å². The van der Waals surface area contributed by atoms with Crippen LogP contribution < -0.4 is 5.32 Å². The summed E-state index contributed by atoms with van der Waals surface area (Å²) < 4.78 is 0. The average Bonchev–Trinajstić information content (AvgIpc) is 1.94. The van der Waals surface area contributed by atoms with E-state index < -0.39 is 0 Å². The highest BCUT2D eigenvalue weighted by Gasteiger charge is 2.20. The van der Waals surface area contributed by atoms with E-state index in [0.29, 0.717) is 18.5 Å². The lowest BCUT2D eigenvalue weighted by atomic mass is 10.1. The molecule has 1 fully saturated rings. The van der Waals surface area contributed by atoms with E-state index in [1.807, 2.05) is 11.8 Å². The lowest BCUT2D eigenvalue weighted by molar-refractivity contribution is 0.455. The summed E-state index contributed by atoms with van der Waals surface area (Å²) in [7, 11) is 0. The standard InChI is InChI=1S/C8H14N2S/c1-2-7(3-4-9)10-8-5-11-6-8/h7-8,10H,2-3,5-6H2,1H3. The molecule has 1 saturated heterocycles. The fourth-order valence-corrected chi connectivity index (χ4v) is 1.76. The van der Waals surface area contributed by atoms with Gasteiger partial charge in [-0.25, -0.2) is 0 Å². The molecule has 1 unspecified atom stereocenters. The minimum absolute atomic E-state index is 0.422. The number of hydrogen-bond donors (Lipinski definition) is 1. The van der Waals surface area contributed by atoms with Gasteiger partial charge in [0.05, 0.1) is 12.5 Å². The molecule has 0 aromatic carbocycles. The molecule has 1 N–H and O–H groups in total. The van der Waals surface area contributed by atoms with Gasteiger partial charge >= 0.3 is 0 Å². The Hall–Kier alpha value is -0.200. The molecule has 3 heteroatoms. The molecule has 0 amide bonds. The van der Waals surface area contributed by atoms with Crippen molar-refractivity contribution >= 4 is 11.8 Å². The molecule has 0 spiro atoms. The molecular weight excluding hydrogens is 156 g/mol. The van der Waals surface area contributed by atoms with Gasteiger partial charge in [0.15, 0.2) is 0 Å². The van der Waals surface area contributed by atoms with Crippen LogP contribution in [0.15, 0.2) is 0 Å². The van der Waals surface area contributed by atoms with Crippen molar-refractivity contribution in [2.45, 2.75) is 31.8 Å². The Morgan fingerprint density at radius 2 is 2.45 bits per heavy atom. The Labute approximate surface area is 72.4 Å². The summed E-state index contributed by atoms with van der Waals surface area (Å²) in [6.45, 7) is 2.13. The second-order valence-corrected chi connectivity index (χ2v) is 3.94. The lowest BCUT2D eigenvalue weighted by Gasteiger charge is -2.29. The van der Waals surface area contributed by atoms with Crippen molar-refractivity contribution in [2.75, 3.05) is 11.5 Å². The maximum Gasteiger partial charge on any atom is 0.0638 e. The second-order valence-electron chi connectivity index (χ2n) is 2.87. The van der Waals surface area contributed by atoms with Crippen molar-refractivity contribution in [2.24, 2.45) is 0 Å². The molecule has 0 saturated carbocycles. The van der Waals surface area contributed by atoms with E-state index >= 15 is 0 Å².